The van der Waals surface area contributed by atoms with E-state index < -0.39 is 64.6 Å². The molecule has 40 heavy (non-hydrogen) atoms. The number of benzene rings is 1. The van der Waals surface area contributed by atoms with E-state index in [-0.39, 0.29) is 12.5 Å². The minimum Gasteiger partial charge on any atom is -0.449 e. The van der Waals surface area contributed by atoms with Crippen molar-refractivity contribution < 1.29 is 37.4 Å². The molecule has 2 aliphatic rings. The van der Waals surface area contributed by atoms with Gasteiger partial charge < -0.3 is 26.2 Å². The first-order valence-corrected chi connectivity index (χ1v) is 12.5. The third kappa shape index (κ3) is 6.92. The standard InChI is InChI=1S/C26H33F3N6O5/c1-14(2)8-6-9-15(3)32-21(36)16-10-7-11-17(26(27,28)29)19(16)35-20(30)18(40-24(38)39)12-31-22(35)34-13-25(4,5)33-23(34)37/h7-8,10-12,15,20H,6,9,13,30H2,1-5H3,(H,32,36)(H,33,37)(H,38,39). The number of guanidine groups is 1. The van der Waals surface area contributed by atoms with Crippen LogP contribution in [0.25, 0.3) is 0 Å². The van der Waals surface area contributed by atoms with E-state index in [1.165, 1.54) is 6.07 Å². The van der Waals surface area contributed by atoms with Crippen LogP contribution in [0, 0.1) is 0 Å². The summed E-state index contributed by atoms with van der Waals surface area (Å²) in [7, 11) is 0. The summed E-state index contributed by atoms with van der Waals surface area (Å²) in [6, 6.07) is 1.97. The number of carbonyl (C=O) groups excluding carboxylic acids is 2. The molecule has 14 heteroatoms. The molecule has 2 atom stereocenters. The van der Waals surface area contributed by atoms with Gasteiger partial charge in [-0.05, 0) is 59.6 Å². The Bertz CT molecular complexity index is 1270. The van der Waals surface area contributed by atoms with Crippen molar-refractivity contribution in [2.45, 2.75) is 71.4 Å². The van der Waals surface area contributed by atoms with Gasteiger partial charge in [0.2, 0.25) is 5.96 Å². The number of hydrogen-bond donors (Lipinski definition) is 4. The smallest absolute Gasteiger partial charge is 0.449 e. The van der Waals surface area contributed by atoms with Crippen molar-refractivity contribution in [3.63, 3.8) is 0 Å². The van der Waals surface area contributed by atoms with Crippen LogP contribution in [0.15, 0.2) is 46.8 Å². The largest absolute Gasteiger partial charge is 0.511 e. The zero-order valence-electron chi connectivity index (χ0n) is 22.8. The molecule has 2 unspecified atom stereocenters. The van der Waals surface area contributed by atoms with Crippen molar-refractivity contribution in [1.29, 1.82) is 0 Å². The number of carbonyl (C=O) groups is 3. The molecule has 3 amide bonds. The van der Waals surface area contributed by atoms with Crippen molar-refractivity contribution >= 4 is 29.7 Å². The lowest BCUT2D eigenvalue weighted by molar-refractivity contribution is -0.137. The van der Waals surface area contributed by atoms with Gasteiger partial charge in [-0.2, -0.15) is 13.2 Å². The molecular weight excluding hydrogens is 533 g/mol. The zero-order chi connectivity index (χ0) is 30.0. The molecule has 0 radical (unpaired) electrons. The van der Waals surface area contributed by atoms with Crippen LogP contribution in [-0.2, 0) is 10.9 Å². The van der Waals surface area contributed by atoms with Crippen molar-refractivity contribution in [3.05, 3.63) is 52.9 Å². The highest BCUT2D eigenvalue weighted by Crippen LogP contribution is 2.41. The normalized spacial score (nSPS) is 19.3. The summed E-state index contributed by atoms with van der Waals surface area (Å²) in [4.78, 5) is 43.5. The number of nitrogens with one attached hydrogen (secondary N) is 2. The van der Waals surface area contributed by atoms with Crippen molar-refractivity contribution in [3.8, 4) is 0 Å². The second kappa shape index (κ2) is 11.6. The van der Waals surface area contributed by atoms with Gasteiger partial charge in [0.1, 0.15) is 6.17 Å². The maximum Gasteiger partial charge on any atom is 0.511 e. The average molecular weight is 567 g/mol. The Labute approximate surface area is 229 Å². The van der Waals surface area contributed by atoms with E-state index >= 15 is 0 Å². The predicted octanol–water partition coefficient (Wildman–Crippen LogP) is 4.37. The van der Waals surface area contributed by atoms with E-state index in [1.807, 2.05) is 19.9 Å². The molecule has 11 nitrogen and oxygen atoms in total. The topological polar surface area (TPSA) is 150 Å². The number of anilines is 1. The Kier molecular flexibility index (Phi) is 8.82. The van der Waals surface area contributed by atoms with Crippen molar-refractivity contribution in [1.82, 2.24) is 15.5 Å². The highest BCUT2D eigenvalue weighted by Gasteiger charge is 2.46. The van der Waals surface area contributed by atoms with Crippen LogP contribution < -0.4 is 21.3 Å². The van der Waals surface area contributed by atoms with Crippen LogP contribution in [-0.4, -0.2) is 58.4 Å². The maximum absolute atomic E-state index is 14.4. The molecule has 1 fully saturated rings. The zero-order valence-corrected chi connectivity index (χ0v) is 22.8. The van der Waals surface area contributed by atoms with E-state index in [9.17, 15) is 27.6 Å². The fourth-order valence-corrected chi connectivity index (χ4v) is 4.37. The summed E-state index contributed by atoms with van der Waals surface area (Å²) in [5, 5.41) is 14.6. The van der Waals surface area contributed by atoms with Crippen LogP contribution >= 0.6 is 0 Å². The third-order valence-corrected chi connectivity index (χ3v) is 6.14. The Morgan fingerprint density at radius 3 is 2.58 bits per heavy atom. The first kappa shape index (κ1) is 30.5. The summed E-state index contributed by atoms with van der Waals surface area (Å²) >= 11 is 0. The lowest BCUT2D eigenvalue weighted by Gasteiger charge is -2.39. The molecule has 218 valence electrons. The maximum atomic E-state index is 14.4. The molecular formula is C26H33F3N6O5. The number of nitrogens with zero attached hydrogens (tertiary/aromatic N) is 3. The minimum atomic E-state index is -4.97. The molecule has 0 spiro atoms. The molecule has 1 aromatic carbocycles. The van der Waals surface area contributed by atoms with Gasteiger partial charge >= 0.3 is 18.4 Å². The van der Waals surface area contributed by atoms with E-state index in [4.69, 9.17) is 10.8 Å². The molecule has 1 saturated heterocycles. The van der Waals surface area contributed by atoms with Gasteiger partial charge in [0.05, 0.1) is 35.1 Å². The number of ether oxygens (including phenoxy) is 1. The first-order valence-electron chi connectivity index (χ1n) is 12.5. The van der Waals surface area contributed by atoms with Crippen LogP contribution in [0.2, 0.25) is 0 Å². The lowest BCUT2D eigenvalue weighted by Crippen LogP contribution is -2.57. The monoisotopic (exact) mass is 566 g/mol. The number of halogens is 3. The number of aliphatic imine (C=N–C) groups is 1. The van der Waals surface area contributed by atoms with Crippen molar-refractivity contribution in [2.75, 3.05) is 11.4 Å². The van der Waals surface area contributed by atoms with Crippen LogP contribution in [0.3, 0.4) is 0 Å². The summed E-state index contributed by atoms with van der Waals surface area (Å²) < 4.78 is 47.9. The number of carboxylic acid groups (broad SMARTS) is 1. The number of allylic oxidation sites excluding steroid dienone is 2. The van der Waals surface area contributed by atoms with Gasteiger partial charge in [-0.1, -0.05) is 17.7 Å². The second-order valence-electron chi connectivity index (χ2n) is 10.5. The van der Waals surface area contributed by atoms with Gasteiger partial charge in [0, 0.05) is 6.04 Å². The van der Waals surface area contributed by atoms with E-state index in [2.05, 4.69) is 20.4 Å². The lowest BCUT2D eigenvalue weighted by atomic mass is 10.0. The predicted molar refractivity (Wildman–Crippen MR) is 141 cm³/mol. The number of alkyl halides is 3. The number of para-hydroxylation sites is 1. The van der Waals surface area contributed by atoms with Crippen molar-refractivity contribution in [2.24, 2.45) is 10.7 Å². The Morgan fingerprint density at radius 2 is 2.02 bits per heavy atom. The first-order chi connectivity index (χ1) is 18.5. The molecule has 0 aliphatic carbocycles. The fraction of sp³-hybridized carbons (Fsp3) is 0.462. The molecule has 3 rings (SSSR count). The molecule has 0 saturated carbocycles. The molecule has 5 N–H and O–H groups in total. The number of hydrogen-bond acceptors (Lipinski definition) is 7. The van der Waals surface area contributed by atoms with Crippen LogP contribution in [0.5, 0.6) is 0 Å². The molecule has 1 aromatic rings. The molecule has 0 aromatic heterocycles. The summed E-state index contributed by atoms with van der Waals surface area (Å²) in [6.07, 6.45) is -4.35. The summed E-state index contributed by atoms with van der Waals surface area (Å²) in [5.41, 5.74) is 4.25. The Hall–Kier alpha value is -4.07. The van der Waals surface area contributed by atoms with Gasteiger partial charge in [0.15, 0.2) is 5.76 Å². The Balaban J connectivity index is 2.16. The number of urea groups is 1. The second-order valence-corrected chi connectivity index (χ2v) is 10.5. The molecule has 2 aliphatic heterocycles. The van der Waals surface area contributed by atoms with Gasteiger partial charge in [-0.3, -0.25) is 14.6 Å². The fourth-order valence-electron chi connectivity index (χ4n) is 4.37. The van der Waals surface area contributed by atoms with Crippen LogP contribution in [0.4, 0.5) is 28.4 Å². The average Bonchev–Trinajstić information content (AvgIpc) is 3.10. The molecule has 2 heterocycles. The van der Waals surface area contributed by atoms with Gasteiger partial charge in [0.25, 0.3) is 5.91 Å². The minimum absolute atomic E-state index is 0.00599. The highest BCUT2D eigenvalue weighted by atomic mass is 19.4. The highest BCUT2D eigenvalue weighted by molar-refractivity contribution is 6.12. The number of nitrogens with two attached hydrogens (primary N) is 1. The quantitative estimate of drug-likeness (QED) is 0.283. The number of rotatable bonds is 7. The van der Waals surface area contributed by atoms with Gasteiger partial charge in [-0.15, -0.1) is 0 Å². The Morgan fingerprint density at radius 1 is 1.35 bits per heavy atom. The summed E-state index contributed by atoms with van der Waals surface area (Å²) in [6.45, 7) is 8.98. The summed E-state index contributed by atoms with van der Waals surface area (Å²) in [5.74, 6) is -1.66. The van der Waals surface area contributed by atoms with Crippen LogP contribution in [0.1, 0.15) is 63.4 Å². The van der Waals surface area contributed by atoms with E-state index in [0.717, 1.165) is 33.7 Å². The molecule has 0 bridgehead atoms. The van der Waals surface area contributed by atoms with Gasteiger partial charge in [-0.25, -0.2) is 14.6 Å². The van der Waals surface area contributed by atoms with E-state index in [0.29, 0.717) is 12.8 Å². The SMILES string of the molecule is CC(C)=CCCC(C)NC(=O)c1cccc(C(F)(F)F)c1N1C(N2CC(C)(C)NC2=O)=NC=C(OC(=O)O)C1N. The van der Waals surface area contributed by atoms with E-state index in [1.54, 1.807) is 20.8 Å². The number of amides is 3. The third-order valence-electron chi connectivity index (χ3n) is 6.14.